The molecule has 0 atom stereocenters. The zero-order chi connectivity index (χ0) is 10.0. The molecule has 5 nitrogen and oxygen atoms in total. The molecule has 0 N–H and O–H groups in total. The summed E-state index contributed by atoms with van der Waals surface area (Å²) in [5.74, 6) is 0. The summed E-state index contributed by atoms with van der Waals surface area (Å²) in [7, 11) is 2.93. The van der Waals surface area contributed by atoms with E-state index in [-0.39, 0.29) is 12.0 Å². The fraction of sp³-hybridized carbons (Fsp3) is 0.375. The molecule has 5 heteroatoms. The first-order chi connectivity index (χ1) is 6.07. The molecule has 70 valence electrons. The molecule has 0 fully saturated rings. The van der Waals surface area contributed by atoms with Gasteiger partial charge in [-0.3, -0.25) is 9.36 Å². The van der Waals surface area contributed by atoms with Gasteiger partial charge in [0.2, 0.25) is 0 Å². The van der Waals surface area contributed by atoms with Gasteiger partial charge in [-0.15, -0.1) is 0 Å². The quantitative estimate of drug-likeness (QED) is 0.541. The largest absolute Gasteiger partial charge is 0.330 e. The topological polar surface area (TPSA) is 61.1 Å². The van der Waals surface area contributed by atoms with Crippen molar-refractivity contribution in [1.29, 1.82) is 0 Å². The molecule has 0 aliphatic heterocycles. The second-order valence-electron chi connectivity index (χ2n) is 2.75. The summed E-state index contributed by atoms with van der Waals surface area (Å²) in [6, 6.07) is 1.29. The van der Waals surface area contributed by atoms with E-state index in [1.165, 1.54) is 24.7 Å². The minimum absolute atomic E-state index is 0.0851. The Morgan fingerprint density at radius 2 is 1.92 bits per heavy atom. The van der Waals surface area contributed by atoms with Crippen LogP contribution in [-0.4, -0.2) is 15.4 Å². The van der Waals surface area contributed by atoms with Gasteiger partial charge in [-0.1, -0.05) is 0 Å². The Bertz CT molecular complexity index is 442. The molecule has 1 heterocycles. The third-order valence-corrected chi connectivity index (χ3v) is 1.92. The molecule has 0 unspecified atom stereocenters. The number of carbonyl (C=O) groups is 1. The maximum absolute atomic E-state index is 11.3. The number of rotatable bonds is 2. The van der Waals surface area contributed by atoms with Gasteiger partial charge in [-0.05, 0) is 0 Å². The van der Waals surface area contributed by atoms with E-state index in [9.17, 15) is 14.4 Å². The van der Waals surface area contributed by atoms with Gasteiger partial charge < -0.3 is 9.36 Å². The van der Waals surface area contributed by atoms with E-state index in [1.54, 1.807) is 0 Å². The molecule has 0 saturated heterocycles. The predicted octanol–water partition coefficient (Wildman–Crippen LogP) is -1.17. The first kappa shape index (κ1) is 9.44. The Balaban J connectivity index is 3.50. The molecule has 1 rings (SSSR count). The Hall–Kier alpha value is -1.65. The molecule has 0 spiro atoms. The van der Waals surface area contributed by atoms with Crippen molar-refractivity contribution in [2.45, 2.75) is 6.42 Å². The molecule has 0 saturated carbocycles. The lowest BCUT2D eigenvalue weighted by Gasteiger charge is -2.05. The van der Waals surface area contributed by atoms with Gasteiger partial charge in [0.1, 0.15) is 6.29 Å². The van der Waals surface area contributed by atoms with Crippen LogP contribution in [0.2, 0.25) is 0 Å². The number of nitrogens with zero attached hydrogens (tertiary/aromatic N) is 2. The smallest absolute Gasteiger partial charge is 0.303 e. The molecule has 0 bridgehead atoms. The third kappa shape index (κ3) is 1.58. The highest BCUT2D eigenvalue weighted by Crippen LogP contribution is 1.88. The highest BCUT2D eigenvalue weighted by Gasteiger charge is 2.04. The van der Waals surface area contributed by atoms with Crippen LogP contribution < -0.4 is 11.2 Å². The first-order valence-electron chi connectivity index (χ1n) is 3.77. The Kier molecular flexibility index (Phi) is 2.46. The van der Waals surface area contributed by atoms with Crippen LogP contribution in [0.1, 0.15) is 5.69 Å². The lowest BCUT2D eigenvalue weighted by atomic mass is 10.3. The van der Waals surface area contributed by atoms with Gasteiger partial charge in [0.25, 0.3) is 5.56 Å². The second kappa shape index (κ2) is 3.38. The number of aldehydes is 1. The van der Waals surface area contributed by atoms with Crippen molar-refractivity contribution in [2.75, 3.05) is 0 Å². The summed E-state index contributed by atoms with van der Waals surface area (Å²) in [5, 5.41) is 0. The van der Waals surface area contributed by atoms with Crippen LogP contribution in [0.4, 0.5) is 0 Å². The maximum Gasteiger partial charge on any atom is 0.330 e. The zero-order valence-electron chi connectivity index (χ0n) is 7.48. The summed E-state index contributed by atoms with van der Waals surface area (Å²) in [6.45, 7) is 0. The van der Waals surface area contributed by atoms with Crippen LogP contribution in [0, 0.1) is 0 Å². The monoisotopic (exact) mass is 182 g/mol. The van der Waals surface area contributed by atoms with Gasteiger partial charge in [0, 0.05) is 32.3 Å². The minimum atomic E-state index is -0.413. The summed E-state index contributed by atoms with van der Waals surface area (Å²) in [6.07, 6.45) is 0.746. The van der Waals surface area contributed by atoms with Gasteiger partial charge in [-0.25, -0.2) is 4.79 Å². The fourth-order valence-electron chi connectivity index (χ4n) is 1.06. The van der Waals surface area contributed by atoms with Crippen molar-refractivity contribution in [3.63, 3.8) is 0 Å². The van der Waals surface area contributed by atoms with Crippen molar-refractivity contribution < 1.29 is 4.79 Å². The highest BCUT2D eigenvalue weighted by atomic mass is 16.2. The third-order valence-electron chi connectivity index (χ3n) is 1.92. The van der Waals surface area contributed by atoms with E-state index < -0.39 is 5.69 Å². The van der Waals surface area contributed by atoms with Crippen molar-refractivity contribution in [3.05, 3.63) is 32.6 Å². The molecular formula is C8H10N2O3. The lowest BCUT2D eigenvalue weighted by Crippen LogP contribution is -2.38. The lowest BCUT2D eigenvalue weighted by molar-refractivity contribution is -0.107. The van der Waals surface area contributed by atoms with E-state index in [4.69, 9.17) is 0 Å². The zero-order valence-corrected chi connectivity index (χ0v) is 7.48. The molecular weight excluding hydrogens is 172 g/mol. The van der Waals surface area contributed by atoms with Gasteiger partial charge in [0.05, 0.1) is 0 Å². The second-order valence-corrected chi connectivity index (χ2v) is 2.75. The molecule has 0 aromatic carbocycles. The van der Waals surface area contributed by atoms with E-state index in [0.717, 1.165) is 4.57 Å². The van der Waals surface area contributed by atoms with E-state index in [2.05, 4.69) is 0 Å². The maximum atomic E-state index is 11.3. The van der Waals surface area contributed by atoms with E-state index in [0.29, 0.717) is 12.0 Å². The predicted molar refractivity (Wildman–Crippen MR) is 46.7 cm³/mol. The SMILES string of the molecule is Cn1c(CC=O)cc(=O)n(C)c1=O. The minimum Gasteiger partial charge on any atom is -0.303 e. The molecule has 0 aliphatic rings. The van der Waals surface area contributed by atoms with E-state index >= 15 is 0 Å². The van der Waals surface area contributed by atoms with Gasteiger partial charge in [0.15, 0.2) is 0 Å². The Labute approximate surface area is 74.2 Å². The van der Waals surface area contributed by atoms with Crippen molar-refractivity contribution in [3.8, 4) is 0 Å². The van der Waals surface area contributed by atoms with Gasteiger partial charge >= 0.3 is 5.69 Å². The van der Waals surface area contributed by atoms with Crippen molar-refractivity contribution >= 4 is 6.29 Å². The molecule has 0 radical (unpaired) electrons. The molecule has 1 aromatic heterocycles. The number of hydrogen-bond donors (Lipinski definition) is 0. The average molecular weight is 182 g/mol. The van der Waals surface area contributed by atoms with Crippen LogP contribution in [0.3, 0.4) is 0 Å². The standard InChI is InChI=1S/C8H10N2O3/c1-9-6(3-4-11)5-7(12)10(2)8(9)13/h4-5H,3H2,1-2H3. The van der Waals surface area contributed by atoms with Crippen LogP contribution in [0.25, 0.3) is 0 Å². The van der Waals surface area contributed by atoms with Crippen LogP contribution in [0.15, 0.2) is 15.7 Å². The van der Waals surface area contributed by atoms with Crippen molar-refractivity contribution in [2.24, 2.45) is 14.1 Å². The van der Waals surface area contributed by atoms with E-state index in [1.807, 2.05) is 0 Å². The van der Waals surface area contributed by atoms with Crippen LogP contribution in [0.5, 0.6) is 0 Å². The van der Waals surface area contributed by atoms with Gasteiger partial charge in [-0.2, -0.15) is 0 Å². The summed E-state index contributed by atoms with van der Waals surface area (Å²) >= 11 is 0. The summed E-state index contributed by atoms with van der Waals surface area (Å²) < 4.78 is 2.28. The fourth-order valence-corrected chi connectivity index (χ4v) is 1.06. The van der Waals surface area contributed by atoms with Crippen LogP contribution in [-0.2, 0) is 25.3 Å². The number of carbonyl (C=O) groups excluding carboxylic acids is 1. The first-order valence-corrected chi connectivity index (χ1v) is 3.77. The molecule has 13 heavy (non-hydrogen) atoms. The Morgan fingerprint density at radius 1 is 1.31 bits per heavy atom. The molecule has 0 aliphatic carbocycles. The highest BCUT2D eigenvalue weighted by molar-refractivity contribution is 5.53. The molecule has 1 aromatic rings. The summed E-state index contributed by atoms with van der Waals surface area (Å²) in [5.41, 5.74) is -0.368. The summed E-state index contributed by atoms with van der Waals surface area (Å²) in [4.78, 5) is 32.6. The number of aromatic nitrogens is 2. The molecule has 0 amide bonds. The number of hydrogen-bond acceptors (Lipinski definition) is 3. The normalized spacial score (nSPS) is 10.0. The Morgan fingerprint density at radius 3 is 2.46 bits per heavy atom. The van der Waals surface area contributed by atoms with Crippen LogP contribution >= 0.6 is 0 Å². The average Bonchev–Trinajstić information content (AvgIpc) is 2.11. The van der Waals surface area contributed by atoms with Crippen molar-refractivity contribution in [1.82, 2.24) is 9.13 Å².